The summed E-state index contributed by atoms with van der Waals surface area (Å²) in [6, 6.07) is 0. The van der Waals surface area contributed by atoms with Crippen molar-refractivity contribution in [1.29, 1.82) is 0 Å². The molecule has 0 rings (SSSR count). The highest BCUT2D eigenvalue weighted by atomic mass is 32.1. The summed E-state index contributed by atoms with van der Waals surface area (Å²) in [7, 11) is 0. The Hall–Kier alpha value is 0.310. The third-order valence-electron chi connectivity index (χ3n) is 7.07. The van der Waals surface area contributed by atoms with Gasteiger partial charge < -0.3 is 5.11 Å². The first-order valence-electron chi connectivity index (χ1n) is 15.1. The molecule has 0 saturated carbocycles. The summed E-state index contributed by atoms with van der Waals surface area (Å²) in [4.78, 5) is 0. The smallest absolute Gasteiger partial charge is 0.0431 e. The van der Waals surface area contributed by atoms with Gasteiger partial charge in [0.2, 0.25) is 0 Å². The van der Waals surface area contributed by atoms with Crippen LogP contribution in [-0.4, -0.2) is 17.5 Å². The van der Waals surface area contributed by atoms with Crippen LogP contribution < -0.4 is 0 Å². The molecule has 0 radical (unpaired) electrons. The molecule has 0 bridgehead atoms. The number of unbranched alkanes of at least 4 members (excludes halogenated alkanes) is 27. The largest absolute Gasteiger partial charge is 0.396 e. The number of hydrogen-bond acceptors (Lipinski definition) is 2. The summed E-state index contributed by atoms with van der Waals surface area (Å²) in [5.41, 5.74) is 0. The quantitative estimate of drug-likeness (QED) is 0.0822. The molecule has 0 heterocycles. The van der Waals surface area contributed by atoms with Crippen LogP contribution in [0.1, 0.15) is 180 Å². The monoisotopic (exact) mass is 470 g/mol. The standard InChI is InChI=1S/C30H62OS/c31-29-27-25-23-21-19-17-15-13-11-9-7-5-3-1-2-4-6-8-10-12-14-16-18-20-22-24-26-28-30-32/h31-32H,1-30H2. The van der Waals surface area contributed by atoms with Crippen LogP contribution in [0.4, 0.5) is 0 Å². The molecule has 0 aromatic rings. The third kappa shape index (κ3) is 30.3. The Morgan fingerprint density at radius 2 is 0.406 bits per heavy atom. The van der Waals surface area contributed by atoms with E-state index in [0.717, 1.165) is 12.2 Å². The van der Waals surface area contributed by atoms with Crippen molar-refractivity contribution in [3.63, 3.8) is 0 Å². The van der Waals surface area contributed by atoms with Gasteiger partial charge in [-0.05, 0) is 18.6 Å². The molecule has 0 aliphatic heterocycles. The zero-order valence-corrected chi connectivity index (χ0v) is 23.0. The van der Waals surface area contributed by atoms with E-state index in [0.29, 0.717) is 6.61 Å². The highest BCUT2D eigenvalue weighted by Gasteiger charge is 1.96. The minimum Gasteiger partial charge on any atom is -0.396 e. The average Bonchev–Trinajstić information content (AvgIpc) is 2.81. The molecule has 0 aromatic heterocycles. The van der Waals surface area contributed by atoms with Gasteiger partial charge in [0.05, 0.1) is 0 Å². The fourth-order valence-corrected chi connectivity index (χ4v) is 5.04. The summed E-state index contributed by atoms with van der Waals surface area (Å²) < 4.78 is 0. The van der Waals surface area contributed by atoms with E-state index < -0.39 is 0 Å². The average molecular weight is 471 g/mol. The first-order chi connectivity index (χ1) is 15.9. The lowest BCUT2D eigenvalue weighted by molar-refractivity contribution is 0.282. The molecule has 0 aliphatic rings. The van der Waals surface area contributed by atoms with E-state index in [9.17, 15) is 0 Å². The minimum atomic E-state index is 0.373. The fourth-order valence-electron chi connectivity index (χ4n) is 4.82. The van der Waals surface area contributed by atoms with E-state index in [4.69, 9.17) is 5.11 Å². The molecule has 0 saturated heterocycles. The van der Waals surface area contributed by atoms with Crippen molar-refractivity contribution >= 4 is 12.6 Å². The zero-order chi connectivity index (χ0) is 23.2. The van der Waals surface area contributed by atoms with Crippen LogP contribution in [0.25, 0.3) is 0 Å². The second-order valence-corrected chi connectivity index (χ2v) is 10.8. The predicted molar refractivity (Wildman–Crippen MR) is 150 cm³/mol. The minimum absolute atomic E-state index is 0.373. The van der Waals surface area contributed by atoms with Crippen LogP contribution in [0.3, 0.4) is 0 Å². The van der Waals surface area contributed by atoms with Crippen LogP contribution in [0.5, 0.6) is 0 Å². The predicted octanol–water partition coefficient (Wildman–Crippen LogP) is 10.8. The summed E-state index contributed by atoms with van der Waals surface area (Å²) in [6.07, 6.45) is 39.7. The lowest BCUT2D eigenvalue weighted by Gasteiger charge is -2.04. The maximum atomic E-state index is 8.76. The molecule has 2 heteroatoms. The van der Waals surface area contributed by atoms with Gasteiger partial charge in [0.25, 0.3) is 0 Å². The number of rotatable bonds is 29. The summed E-state index contributed by atoms with van der Waals surface area (Å²) in [6.45, 7) is 0.373. The van der Waals surface area contributed by atoms with Crippen molar-refractivity contribution < 1.29 is 5.11 Å². The van der Waals surface area contributed by atoms with E-state index in [1.165, 1.54) is 173 Å². The van der Waals surface area contributed by atoms with Gasteiger partial charge in [-0.1, -0.05) is 167 Å². The molecule has 1 N–H and O–H groups in total. The second kappa shape index (κ2) is 31.3. The normalized spacial score (nSPS) is 11.4. The molecule has 194 valence electrons. The van der Waals surface area contributed by atoms with Crippen LogP contribution in [0.15, 0.2) is 0 Å². The molecule has 0 unspecified atom stereocenters. The van der Waals surface area contributed by atoms with Crippen molar-refractivity contribution in [2.75, 3.05) is 12.4 Å². The number of hydrogen-bond donors (Lipinski definition) is 2. The Labute approximate surface area is 209 Å². The Morgan fingerprint density at radius 1 is 0.250 bits per heavy atom. The van der Waals surface area contributed by atoms with Crippen molar-refractivity contribution in [2.24, 2.45) is 0 Å². The summed E-state index contributed by atoms with van der Waals surface area (Å²) >= 11 is 4.28. The maximum absolute atomic E-state index is 8.76. The van der Waals surface area contributed by atoms with Crippen molar-refractivity contribution in [3.8, 4) is 0 Å². The molecule has 0 fully saturated rings. The van der Waals surface area contributed by atoms with Crippen molar-refractivity contribution in [1.82, 2.24) is 0 Å². The molecule has 32 heavy (non-hydrogen) atoms. The van der Waals surface area contributed by atoms with Crippen LogP contribution in [0, 0.1) is 0 Å². The Balaban J connectivity index is 2.98. The first-order valence-corrected chi connectivity index (χ1v) is 15.8. The van der Waals surface area contributed by atoms with Gasteiger partial charge in [-0.2, -0.15) is 12.6 Å². The fraction of sp³-hybridized carbons (Fsp3) is 1.00. The second-order valence-electron chi connectivity index (χ2n) is 10.3. The van der Waals surface area contributed by atoms with E-state index in [1.807, 2.05) is 0 Å². The maximum Gasteiger partial charge on any atom is 0.0431 e. The van der Waals surface area contributed by atoms with Gasteiger partial charge >= 0.3 is 0 Å². The van der Waals surface area contributed by atoms with E-state index in [-0.39, 0.29) is 0 Å². The molecular formula is C30H62OS. The molecule has 0 spiro atoms. The molecule has 0 atom stereocenters. The van der Waals surface area contributed by atoms with Crippen LogP contribution >= 0.6 is 12.6 Å². The van der Waals surface area contributed by atoms with Crippen molar-refractivity contribution in [3.05, 3.63) is 0 Å². The van der Waals surface area contributed by atoms with Gasteiger partial charge in [-0.3, -0.25) is 0 Å². The zero-order valence-electron chi connectivity index (χ0n) is 22.1. The van der Waals surface area contributed by atoms with Gasteiger partial charge in [0.15, 0.2) is 0 Å². The molecule has 0 amide bonds. The highest BCUT2D eigenvalue weighted by Crippen LogP contribution is 2.16. The van der Waals surface area contributed by atoms with Crippen LogP contribution in [0.2, 0.25) is 0 Å². The molecule has 0 aromatic carbocycles. The summed E-state index contributed by atoms with van der Waals surface area (Å²) in [5, 5.41) is 8.76. The number of thiol groups is 1. The van der Waals surface area contributed by atoms with Crippen LogP contribution in [-0.2, 0) is 0 Å². The topological polar surface area (TPSA) is 20.2 Å². The first kappa shape index (κ1) is 32.3. The Bertz CT molecular complexity index is 277. The summed E-state index contributed by atoms with van der Waals surface area (Å²) in [5.74, 6) is 1.06. The number of aliphatic hydroxyl groups excluding tert-OH is 1. The van der Waals surface area contributed by atoms with Gasteiger partial charge in [0.1, 0.15) is 0 Å². The van der Waals surface area contributed by atoms with E-state index >= 15 is 0 Å². The third-order valence-corrected chi connectivity index (χ3v) is 7.38. The van der Waals surface area contributed by atoms with Gasteiger partial charge in [0, 0.05) is 6.61 Å². The lowest BCUT2D eigenvalue weighted by Crippen LogP contribution is -1.85. The van der Waals surface area contributed by atoms with E-state index in [2.05, 4.69) is 12.6 Å². The molecule has 1 nitrogen and oxygen atoms in total. The van der Waals surface area contributed by atoms with Crippen molar-refractivity contribution in [2.45, 2.75) is 180 Å². The molecule has 0 aliphatic carbocycles. The Kier molecular flexibility index (Phi) is 31.6. The highest BCUT2D eigenvalue weighted by molar-refractivity contribution is 7.80. The number of aliphatic hydroxyl groups is 1. The lowest BCUT2D eigenvalue weighted by atomic mass is 10.0. The Morgan fingerprint density at radius 3 is 0.562 bits per heavy atom. The van der Waals surface area contributed by atoms with E-state index in [1.54, 1.807) is 0 Å². The van der Waals surface area contributed by atoms with Gasteiger partial charge in [-0.25, -0.2) is 0 Å². The molecular weight excluding hydrogens is 408 g/mol. The SMILES string of the molecule is OCCCCCCCCCCCCCCCCCCCCCCCCCCCCCCS. The van der Waals surface area contributed by atoms with Gasteiger partial charge in [-0.15, -0.1) is 0 Å².